The maximum Gasteiger partial charge on any atom is 0.387 e. The fourth-order valence-corrected chi connectivity index (χ4v) is 5.79. The van der Waals surface area contributed by atoms with Crippen LogP contribution in [0.2, 0.25) is 0 Å². The molecule has 3 aromatic rings. The summed E-state index contributed by atoms with van der Waals surface area (Å²) in [4.78, 5) is 17.5. The number of aromatic nitrogens is 2. The van der Waals surface area contributed by atoms with Crippen LogP contribution in [0.1, 0.15) is 49.9 Å². The van der Waals surface area contributed by atoms with E-state index in [2.05, 4.69) is 24.1 Å². The molecule has 1 unspecified atom stereocenters. The van der Waals surface area contributed by atoms with Gasteiger partial charge in [0.15, 0.2) is 10.6 Å². The number of benzene rings is 2. The van der Waals surface area contributed by atoms with Crippen LogP contribution in [0.15, 0.2) is 84.2 Å². The Hall–Kier alpha value is -3.77. The summed E-state index contributed by atoms with van der Waals surface area (Å²) in [6.07, 6.45) is 14.6. The number of carbonyl (C=O) groups is 1. The van der Waals surface area contributed by atoms with Crippen LogP contribution in [0.4, 0.5) is 14.5 Å². The van der Waals surface area contributed by atoms with Crippen LogP contribution in [-0.2, 0) is 37.7 Å². The molecule has 0 aliphatic heterocycles. The predicted octanol–water partition coefficient (Wildman–Crippen LogP) is 7.01. The summed E-state index contributed by atoms with van der Waals surface area (Å²) in [6, 6.07) is 11.6. The molecule has 4 rings (SSSR count). The van der Waals surface area contributed by atoms with Gasteiger partial charge in [-0.15, -0.1) is 0 Å². The first kappa shape index (κ1) is 34.1. The number of carbonyl (C=O) groups excluding carboxylic acids is 1. The van der Waals surface area contributed by atoms with Crippen molar-refractivity contribution in [2.24, 2.45) is 0 Å². The number of imidazole rings is 1. The van der Waals surface area contributed by atoms with Crippen LogP contribution in [-0.4, -0.2) is 52.5 Å². The van der Waals surface area contributed by atoms with E-state index < -0.39 is 23.7 Å². The molecule has 8 nitrogen and oxygen atoms in total. The zero-order valence-electron chi connectivity index (χ0n) is 25.5. The molecule has 45 heavy (non-hydrogen) atoms. The Labute approximate surface area is 266 Å². The number of hydrogen-bond donors (Lipinski definition) is 1. The minimum absolute atomic E-state index is 0.0430. The highest BCUT2D eigenvalue weighted by atomic mass is 32.2. The third-order valence-corrected chi connectivity index (χ3v) is 8.22. The van der Waals surface area contributed by atoms with Crippen LogP contribution in [0.3, 0.4) is 0 Å². The molecule has 1 aliphatic carbocycles. The molecule has 1 amide bonds. The molecular weight excluding hydrogens is 600 g/mol. The zero-order valence-corrected chi connectivity index (χ0v) is 26.3. The molecule has 240 valence electrons. The summed E-state index contributed by atoms with van der Waals surface area (Å²) >= 11 is -1.28. The van der Waals surface area contributed by atoms with Crippen LogP contribution in [0.25, 0.3) is 11.6 Å². The van der Waals surface area contributed by atoms with Crippen molar-refractivity contribution >= 4 is 34.4 Å². The monoisotopic (exact) mass is 639 g/mol. The summed E-state index contributed by atoms with van der Waals surface area (Å²) in [6.45, 7) is 3.68. The smallest absolute Gasteiger partial charge is 0.387 e. The first-order chi connectivity index (χ1) is 21.9. The van der Waals surface area contributed by atoms with Gasteiger partial charge in [-0.1, -0.05) is 38.1 Å². The second-order valence-electron chi connectivity index (χ2n) is 10.3. The van der Waals surface area contributed by atoms with Crippen molar-refractivity contribution in [3.63, 3.8) is 0 Å². The van der Waals surface area contributed by atoms with Crippen molar-refractivity contribution in [3.8, 4) is 5.75 Å². The topological polar surface area (TPSA) is 97.7 Å². The molecule has 0 bridgehead atoms. The van der Waals surface area contributed by atoms with Gasteiger partial charge in [-0.2, -0.15) is 8.78 Å². The molecule has 0 saturated heterocycles. The van der Waals surface area contributed by atoms with Gasteiger partial charge >= 0.3 is 6.61 Å². The lowest BCUT2D eigenvalue weighted by Gasteiger charge is -2.18. The van der Waals surface area contributed by atoms with E-state index in [0.29, 0.717) is 48.1 Å². The van der Waals surface area contributed by atoms with Crippen LogP contribution < -0.4 is 10.1 Å². The van der Waals surface area contributed by atoms with Gasteiger partial charge in [0.25, 0.3) is 0 Å². The minimum Gasteiger partial charge on any atom is -0.611 e. The van der Waals surface area contributed by atoms with E-state index >= 15 is 0 Å². The number of halogens is 2. The maximum absolute atomic E-state index is 13.1. The highest BCUT2D eigenvalue weighted by Crippen LogP contribution is 2.30. The van der Waals surface area contributed by atoms with E-state index in [4.69, 9.17) is 14.2 Å². The molecular formula is C34H39F2N3O5S. The second-order valence-corrected chi connectivity index (χ2v) is 11.8. The Bertz CT molecular complexity index is 1470. The fraction of sp³-hybridized carbons (Fsp3) is 0.353. The number of amides is 1. The minimum atomic E-state index is -3.01. The largest absolute Gasteiger partial charge is 0.611 e. The number of nitrogens with one attached hydrogen (secondary N) is 1. The van der Waals surface area contributed by atoms with Gasteiger partial charge in [-0.25, -0.2) is 4.98 Å². The highest BCUT2D eigenvalue weighted by molar-refractivity contribution is 7.90. The van der Waals surface area contributed by atoms with Crippen molar-refractivity contribution in [1.82, 2.24) is 9.55 Å². The molecule has 2 aromatic carbocycles. The molecule has 1 heterocycles. The van der Waals surface area contributed by atoms with E-state index in [-0.39, 0.29) is 11.9 Å². The van der Waals surface area contributed by atoms with Crippen molar-refractivity contribution in [3.05, 3.63) is 96.1 Å². The first-order valence-electron chi connectivity index (χ1n) is 15.0. The summed E-state index contributed by atoms with van der Waals surface area (Å²) in [5.41, 5.74) is 3.43. The van der Waals surface area contributed by atoms with Crippen LogP contribution in [0, 0.1) is 0 Å². The van der Waals surface area contributed by atoms with Gasteiger partial charge in [0.1, 0.15) is 5.75 Å². The summed E-state index contributed by atoms with van der Waals surface area (Å²) in [7, 11) is 0. The molecule has 0 spiro atoms. The quantitative estimate of drug-likeness (QED) is 0.0970. The van der Waals surface area contributed by atoms with Crippen molar-refractivity contribution in [2.75, 3.05) is 25.1 Å². The molecule has 0 radical (unpaired) electrons. The SMILES string of the molecule is CCCOCCOC1C=CC(c2ccc(OC(F)F)c(/C=C/C(=O)Nc3ccc([S@+]([O-])Cc4cncn4CCC)cc3)c2)=CC1. The average Bonchev–Trinajstić information content (AvgIpc) is 3.47. The Balaban J connectivity index is 1.36. The van der Waals surface area contributed by atoms with Gasteiger partial charge in [0.2, 0.25) is 5.91 Å². The number of ether oxygens (including phenoxy) is 3. The lowest BCUT2D eigenvalue weighted by atomic mass is 9.96. The van der Waals surface area contributed by atoms with Gasteiger partial charge in [-0.3, -0.25) is 4.79 Å². The predicted molar refractivity (Wildman–Crippen MR) is 172 cm³/mol. The number of allylic oxidation sites excluding steroid dienone is 2. The number of nitrogens with zero attached hydrogens (tertiary/aromatic N) is 2. The van der Waals surface area contributed by atoms with Crippen molar-refractivity contribution < 1.29 is 32.3 Å². The van der Waals surface area contributed by atoms with Crippen molar-refractivity contribution in [2.45, 2.75) is 63.0 Å². The third-order valence-electron chi connectivity index (χ3n) is 6.87. The van der Waals surface area contributed by atoms with E-state index in [9.17, 15) is 18.1 Å². The molecule has 1 N–H and O–H groups in total. The summed E-state index contributed by atoms with van der Waals surface area (Å²) in [5, 5.41) is 2.75. The number of rotatable bonds is 17. The Morgan fingerprint density at radius 1 is 1.16 bits per heavy atom. The third kappa shape index (κ3) is 10.7. The Morgan fingerprint density at radius 3 is 2.69 bits per heavy atom. The van der Waals surface area contributed by atoms with E-state index in [0.717, 1.165) is 36.2 Å². The first-order valence-corrected chi connectivity index (χ1v) is 16.3. The maximum atomic E-state index is 13.1. The van der Waals surface area contributed by atoms with Crippen molar-refractivity contribution in [1.29, 1.82) is 0 Å². The standard InChI is InChI=1S/C34H39F2N3O5S/c1-3-17-39-24-37-22-29(39)23-45(41)31-13-9-28(10-14-31)38-33(40)16-8-27-21-26(7-15-32(27)44-34(35)36)25-5-11-30(12-6-25)43-20-19-42-18-4-2/h5-11,13-16,21-22,24,30,34H,3-4,12,17-20,23H2,1-2H3,(H,38,40)/b16-8+/t30?,45-/m1/s1. The van der Waals surface area contributed by atoms with E-state index in [1.54, 1.807) is 48.9 Å². The highest BCUT2D eigenvalue weighted by Gasteiger charge is 2.16. The number of anilines is 1. The summed E-state index contributed by atoms with van der Waals surface area (Å²) < 4.78 is 57.1. The molecule has 0 saturated carbocycles. The fourth-order valence-electron chi connectivity index (χ4n) is 4.67. The Kier molecular flexibility index (Phi) is 13.4. The Morgan fingerprint density at radius 2 is 1.98 bits per heavy atom. The molecule has 11 heteroatoms. The lowest BCUT2D eigenvalue weighted by molar-refractivity contribution is -0.111. The number of aryl methyl sites for hydroxylation is 1. The van der Waals surface area contributed by atoms with E-state index in [1.165, 1.54) is 18.2 Å². The average molecular weight is 640 g/mol. The van der Waals surface area contributed by atoms with Gasteiger partial charge in [0, 0.05) is 30.5 Å². The van der Waals surface area contributed by atoms with Crippen LogP contribution >= 0.6 is 0 Å². The lowest BCUT2D eigenvalue weighted by Crippen LogP contribution is -2.15. The molecule has 1 aliphatic rings. The molecule has 1 aromatic heterocycles. The van der Waals surface area contributed by atoms with Gasteiger partial charge < -0.3 is 28.6 Å². The van der Waals surface area contributed by atoms with Gasteiger partial charge in [0.05, 0.1) is 37.5 Å². The van der Waals surface area contributed by atoms with Crippen LogP contribution in [0.5, 0.6) is 5.75 Å². The molecule has 0 fully saturated rings. The number of hydrogen-bond acceptors (Lipinski definition) is 6. The van der Waals surface area contributed by atoms with E-state index in [1.807, 2.05) is 22.8 Å². The normalized spacial score (nSPS) is 15.4. The van der Waals surface area contributed by atoms with Gasteiger partial charge in [-0.05, 0) is 84.0 Å². The number of alkyl halides is 2. The zero-order chi connectivity index (χ0) is 32.0. The molecule has 2 atom stereocenters. The second kappa shape index (κ2) is 17.6. The summed E-state index contributed by atoms with van der Waals surface area (Å²) in [5.74, 6) is -0.161.